The van der Waals surface area contributed by atoms with Gasteiger partial charge < -0.3 is 9.16 Å². The van der Waals surface area contributed by atoms with Gasteiger partial charge in [-0.2, -0.15) is 0 Å². The van der Waals surface area contributed by atoms with Crippen LogP contribution in [0.3, 0.4) is 0 Å². The highest BCUT2D eigenvalue weighted by Gasteiger charge is 2.62. The maximum atomic E-state index is 6.37. The average molecular weight is 276 g/mol. The van der Waals surface area contributed by atoms with Crippen LogP contribution in [0.1, 0.15) is 38.0 Å². The molecule has 3 rings (SSSR count). The van der Waals surface area contributed by atoms with Crippen LogP contribution in [0.5, 0.6) is 0 Å². The van der Waals surface area contributed by atoms with E-state index in [4.69, 9.17) is 9.16 Å². The Morgan fingerprint density at radius 3 is 2.63 bits per heavy atom. The molecule has 0 bridgehead atoms. The van der Waals surface area contributed by atoms with Gasteiger partial charge in [-0.05, 0) is 29.3 Å². The molecule has 0 amide bonds. The molecular formula is C16H24O2Si. The summed E-state index contributed by atoms with van der Waals surface area (Å²) in [5.74, 6) is 0. The van der Waals surface area contributed by atoms with Crippen molar-refractivity contribution in [3.63, 3.8) is 0 Å². The summed E-state index contributed by atoms with van der Waals surface area (Å²) in [4.78, 5) is 0. The van der Waals surface area contributed by atoms with Crippen molar-refractivity contribution < 1.29 is 9.16 Å². The van der Waals surface area contributed by atoms with Gasteiger partial charge in [0, 0.05) is 6.42 Å². The molecule has 1 saturated heterocycles. The number of benzene rings is 1. The van der Waals surface area contributed by atoms with E-state index in [1.165, 1.54) is 11.1 Å². The van der Waals surface area contributed by atoms with Crippen LogP contribution in [-0.2, 0) is 15.6 Å². The highest BCUT2D eigenvalue weighted by Crippen LogP contribution is 2.58. The Bertz CT molecular complexity index is 504. The minimum atomic E-state index is -1.68. The van der Waals surface area contributed by atoms with Crippen LogP contribution in [0.4, 0.5) is 0 Å². The van der Waals surface area contributed by atoms with Gasteiger partial charge >= 0.3 is 0 Å². The highest BCUT2D eigenvalue weighted by atomic mass is 28.4. The van der Waals surface area contributed by atoms with Crippen LogP contribution in [0.2, 0.25) is 18.1 Å². The van der Waals surface area contributed by atoms with Crippen LogP contribution >= 0.6 is 0 Å². The normalized spacial score (nSPS) is 29.0. The summed E-state index contributed by atoms with van der Waals surface area (Å²) in [6.45, 7) is 12.2. The summed E-state index contributed by atoms with van der Waals surface area (Å²) in [6, 6.07) is 8.64. The van der Waals surface area contributed by atoms with Crippen LogP contribution < -0.4 is 0 Å². The lowest BCUT2D eigenvalue weighted by molar-refractivity contribution is 0.173. The summed E-state index contributed by atoms with van der Waals surface area (Å²) in [6.07, 6.45) is 1.30. The third-order valence-electron chi connectivity index (χ3n) is 5.08. The van der Waals surface area contributed by atoms with Crippen molar-refractivity contribution >= 4 is 8.32 Å². The molecule has 0 spiro atoms. The first-order valence-electron chi connectivity index (χ1n) is 7.15. The second kappa shape index (κ2) is 3.93. The molecule has 0 N–H and O–H groups in total. The zero-order chi connectivity index (χ0) is 13.9. The van der Waals surface area contributed by atoms with E-state index in [-0.39, 0.29) is 16.7 Å². The number of fused-ring (bicyclic) bond motifs is 3. The topological polar surface area (TPSA) is 21.8 Å². The number of hydrogen-bond donors (Lipinski definition) is 0. The van der Waals surface area contributed by atoms with Gasteiger partial charge in [0.15, 0.2) is 8.32 Å². The van der Waals surface area contributed by atoms with Crippen molar-refractivity contribution in [3.05, 3.63) is 35.4 Å². The van der Waals surface area contributed by atoms with E-state index in [1.54, 1.807) is 0 Å². The van der Waals surface area contributed by atoms with Gasteiger partial charge in [-0.25, -0.2) is 0 Å². The SMILES string of the molecule is CC(C)(C)[Si](C)(C)OC[C@]12Cc3ccccc3[C@H]1O2. The molecule has 2 nitrogen and oxygen atoms in total. The second-order valence-electron chi connectivity index (χ2n) is 7.49. The molecule has 1 aliphatic heterocycles. The number of epoxide rings is 1. The molecule has 1 aromatic carbocycles. The third kappa shape index (κ3) is 2.08. The standard InChI is InChI=1S/C16H24O2Si/c1-15(2,3)19(4,5)17-11-16-10-12-8-6-7-9-13(12)14(16)18-16/h6-9,14H,10-11H2,1-5H3/t14-,16-/m1/s1. The van der Waals surface area contributed by atoms with E-state index in [9.17, 15) is 0 Å². The first-order chi connectivity index (χ1) is 8.75. The van der Waals surface area contributed by atoms with Crippen molar-refractivity contribution in [2.45, 2.75) is 57.0 Å². The lowest BCUT2D eigenvalue weighted by Gasteiger charge is -2.36. The Morgan fingerprint density at radius 1 is 1.32 bits per heavy atom. The average Bonchev–Trinajstić information content (AvgIpc) is 2.93. The van der Waals surface area contributed by atoms with Gasteiger partial charge in [0.05, 0.1) is 6.61 Å². The zero-order valence-corrected chi connectivity index (χ0v) is 13.6. The predicted molar refractivity (Wildman–Crippen MR) is 79.9 cm³/mol. The smallest absolute Gasteiger partial charge is 0.192 e. The Morgan fingerprint density at radius 2 is 2.00 bits per heavy atom. The molecule has 2 aliphatic rings. The molecule has 0 unspecified atom stereocenters. The predicted octanol–water partition coefficient (Wildman–Crippen LogP) is 4.07. The number of ether oxygens (including phenoxy) is 1. The molecule has 1 aliphatic carbocycles. The van der Waals surface area contributed by atoms with Crippen LogP contribution in [0.15, 0.2) is 24.3 Å². The van der Waals surface area contributed by atoms with Crippen molar-refractivity contribution in [1.82, 2.24) is 0 Å². The first kappa shape index (κ1) is 13.3. The summed E-state index contributed by atoms with van der Waals surface area (Å²) in [5, 5.41) is 0.263. The van der Waals surface area contributed by atoms with Crippen molar-refractivity contribution in [1.29, 1.82) is 0 Å². The monoisotopic (exact) mass is 276 g/mol. The lowest BCUT2D eigenvalue weighted by atomic mass is 10.1. The largest absolute Gasteiger partial charge is 0.414 e. The molecule has 0 saturated carbocycles. The van der Waals surface area contributed by atoms with Gasteiger partial charge in [0.2, 0.25) is 0 Å². The molecule has 1 aromatic rings. The van der Waals surface area contributed by atoms with Gasteiger partial charge in [-0.15, -0.1) is 0 Å². The Kier molecular flexibility index (Phi) is 2.76. The maximum absolute atomic E-state index is 6.37. The van der Waals surface area contributed by atoms with Crippen molar-refractivity contribution in [3.8, 4) is 0 Å². The summed E-state index contributed by atoms with van der Waals surface area (Å²) in [5.41, 5.74) is 2.78. The molecule has 0 aromatic heterocycles. The molecule has 19 heavy (non-hydrogen) atoms. The Labute approximate surface area is 117 Å². The molecule has 1 heterocycles. The third-order valence-corrected chi connectivity index (χ3v) is 9.56. The van der Waals surface area contributed by atoms with Crippen molar-refractivity contribution in [2.75, 3.05) is 6.61 Å². The zero-order valence-electron chi connectivity index (χ0n) is 12.6. The minimum Gasteiger partial charge on any atom is -0.414 e. The van der Waals surface area contributed by atoms with E-state index in [2.05, 4.69) is 58.1 Å². The van der Waals surface area contributed by atoms with Crippen molar-refractivity contribution in [2.24, 2.45) is 0 Å². The second-order valence-corrected chi connectivity index (χ2v) is 12.3. The van der Waals surface area contributed by atoms with Crippen LogP contribution in [0, 0.1) is 0 Å². The Hall–Kier alpha value is -0.643. The van der Waals surface area contributed by atoms with Crippen LogP contribution in [0.25, 0.3) is 0 Å². The van der Waals surface area contributed by atoms with E-state index < -0.39 is 8.32 Å². The van der Waals surface area contributed by atoms with Gasteiger partial charge in [-0.3, -0.25) is 0 Å². The van der Waals surface area contributed by atoms with Gasteiger partial charge in [-0.1, -0.05) is 45.0 Å². The van der Waals surface area contributed by atoms with Crippen LogP contribution in [-0.4, -0.2) is 20.5 Å². The first-order valence-corrected chi connectivity index (χ1v) is 10.1. The fourth-order valence-corrected chi connectivity index (χ4v) is 3.67. The fraction of sp³-hybridized carbons (Fsp3) is 0.625. The van der Waals surface area contributed by atoms with Gasteiger partial charge in [0.1, 0.15) is 11.7 Å². The van der Waals surface area contributed by atoms with E-state index in [0.29, 0.717) is 0 Å². The maximum Gasteiger partial charge on any atom is 0.192 e. The molecule has 0 radical (unpaired) electrons. The van der Waals surface area contributed by atoms with E-state index in [1.807, 2.05) is 0 Å². The summed E-state index contributed by atoms with van der Waals surface area (Å²) >= 11 is 0. The molecule has 104 valence electrons. The summed E-state index contributed by atoms with van der Waals surface area (Å²) in [7, 11) is -1.68. The fourth-order valence-electron chi connectivity index (χ4n) is 2.64. The Balaban J connectivity index is 1.69. The van der Waals surface area contributed by atoms with E-state index >= 15 is 0 Å². The summed E-state index contributed by atoms with van der Waals surface area (Å²) < 4.78 is 12.3. The lowest BCUT2D eigenvalue weighted by Crippen LogP contribution is -2.43. The highest BCUT2D eigenvalue weighted by molar-refractivity contribution is 6.74. The minimum absolute atomic E-state index is 0.0425. The van der Waals surface area contributed by atoms with E-state index in [0.717, 1.165) is 13.0 Å². The molecular weight excluding hydrogens is 252 g/mol. The number of hydrogen-bond acceptors (Lipinski definition) is 2. The quantitative estimate of drug-likeness (QED) is 0.613. The molecule has 3 heteroatoms. The number of rotatable bonds is 3. The molecule has 2 atom stereocenters. The molecule has 1 fully saturated rings. The van der Waals surface area contributed by atoms with Gasteiger partial charge in [0.25, 0.3) is 0 Å².